The molecule has 6 nitrogen and oxygen atoms in total. The van der Waals surface area contributed by atoms with Gasteiger partial charge >= 0.3 is 6.36 Å². The van der Waals surface area contributed by atoms with Crippen LogP contribution in [0.2, 0.25) is 0 Å². The first kappa shape index (κ1) is 19.7. The number of carbonyl (C=O) groups is 1. The van der Waals surface area contributed by atoms with Crippen LogP contribution >= 0.6 is 0 Å². The van der Waals surface area contributed by atoms with Crippen molar-refractivity contribution in [3.8, 4) is 5.75 Å². The van der Waals surface area contributed by atoms with Crippen molar-refractivity contribution in [3.63, 3.8) is 0 Å². The van der Waals surface area contributed by atoms with Gasteiger partial charge in [0, 0.05) is 18.3 Å². The van der Waals surface area contributed by atoms with Crippen LogP contribution in [0.1, 0.15) is 45.3 Å². The zero-order valence-electron chi connectivity index (χ0n) is 14.7. The van der Waals surface area contributed by atoms with Crippen LogP contribution in [0.5, 0.6) is 5.75 Å². The van der Waals surface area contributed by atoms with Crippen LogP contribution in [0, 0.1) is 0 Å². The van der Waals surface area contributed by atoms with Gasteiger partial charge in [0.15, 0.2) is 11.6 Å². The number of aryl methyl sites for hydroxylation is 1. The van der Waals surface area contributed by atoms with E-state index in [-0.39, 0.29) is 17.5 Å². The van der Waals surface area contributed by atoms with Crippen molar-refractivity contribution >= 4 is 11.6 Å². The standard InChI is InChI=1S/C17H20F3N3O3/c1-16(2,3)15-22-14(26-23-15)10-6-9-13(24)21-11-7-4-5-8-12(11)25-17(18,19)20/h4-5,7-8H,6,9-10H2,1-3H3,(H,21,24). The predicted molar refractivity (Wildman–Crippen MR) is 87.7 cm³/mol. The predicted octanol–water partition coefficient (Wildman–Crippen LogP) is 4.23. The summed E-state index contributed by atoms with van der Waals surface area (Å²) in [5, 5.41) is 6.31. The monoisotopic (exact) mass is 371 g/mol. The van der Waals surface area contributed by atoms with Crippen LogP contribution in [0.3, 0.4) is 0 Å². The fourth-order valence-electron chi connectivity index (χ4n) is 2.06. The van der Waals surface area contributed by atoms with Gasteiger partial charge in [-0.2, -0.15) is 4.98 Å². The Labute approximate surface area is 148 Å². The number of aromatic nitrogens is 2. The number of nitrogens with zero attached hydrogens (tertiary/aromatic N) is 2. The lowest BCUT2D eigenvalue weighted by molar-refractivity contribution is -0.274. The average Bonchev–Trinajstić information content (AvgIpc) is 2.97. The second kappa shape index (κ2) is 7.76. The molecule has 2 aromatic rings. The summed E-state index contributed by atoms with van der Waals surface area (Å²) >= 11 is 0. The number of para-hydroxylation sites is 2. The van der Waals surface area contributed by atoms with E-state index in [2.05, 4.69) is 20.2 Å². The van der Waals surface area contributed by atoms with E-state index in [1.807, 2.05) is 20.8 Å². The van der Waals surface area contributed by atoms with Crippen molar-refractivity contribution in [2.24, 2.45) is 0 Å². The number of hydrogen-bond donors (Lipinski definition) is 1. The maximum atomic E-state index is 12.4. The molecule has 0 saturated carbocycles. The van der Waals surface area contributed by atoms with E-state index in [1.165, 1.54) is 18.2 Å². The number of alkyl halides is 3. The Morgan fingerprint density at radius 2 is 1.92 bits per heavy atom. The maximum absolute atomic E-state index is 12.4. The van der Waals surface area contributed by atoms with Gasteiger partial charge in [-0.1, -0.05) is 38.1 Å². The first-order valence-corrected chi connectivity index (χ1v) is 8.02. The molecule has 1 heterocycles. The molecule has 9 heteroatoms. The normalized spacial score (nSPS) is 12.1. The van der Waals surface area contributed by atoms with Gasteiger partial charge in [-0.15, -0.1) is 13.2 Å². The van der Waals surface area contributed by atoms with Crippen molar-refractivity contribution in [2.75, 3.05) is 5.32 Å². The fourth-order valence-corrected chi connectivity index (χ4v) is 2.06. The molecule has 142 valence electrons. The van der Waals surface area contributed by atoms with Crippen molar-refractivity contribution in [1.82, 2.24) is 10.1 Å². The van der Waals surface area contributed by atoms with E-state index >= 15 is 0 Å². The second-order valence-corrected chi connectivity index (χ2v) is 6.71. The van der Waals surface area contributed by atoms with Crippen molar-refractivity contribution in [1.29, 1.82) is 0 Å². The molecule has 1 aromatic heterocycles. The third-order valence-electron chi connectivity index (χ3n) is 3.32. The summed E-state index contributed by atoms with van der Waals surface area (Å²) in [7, 11) is 0. The van der Waals surface area contributed by atoms with Gasteiger partial charge in [-0.25, -0.2) is 0 Å². The smallest absolute Gasteiger partial charge is 0.404 e. The van der Waals surface area contributed by atoms with Crippen LogP contribution in [0.25, 0.3) is 0 Å². The molecule has 1 aromatic carbocycles. The number of carbonyl (C=O) groups excluding carboxylic acids is 1. The minimum atomic E-state index is -4.83. The van der Waals surface area contributed by atoms with Gasteiger partial charge in [-0.05, 0) is 18.6 Å². The molecule has 0 aliphatic carbocycles. The Morgan fingerprint density at radius 3 is 2.54 bits per heavy atom. The lowest BCUT2D eigenvalue weighted by Crippen LogP contribution is -2.19. The van der Waals surface area contributed by atoms with E-state index in [0.717, 1.165) is 6.07 Å². The Bertz CT molecular complexity index is 751. The molecule has 0 fully saturated rings. The minimum absolute atomic E-state index is 0.0392. The fraction of sp³-hybridized carbons (Fsp3) is 0.471. The number of nitrogens with one attached hydrogen (secondary N) is 1. The molecular formula is C17H20F3N3O3. The molecule has 0 aliphatic rings. The minimum Gasteiger partial charge on any atom is -0.404 e. The van der Waals surface area contributed by atoms with Gasteiger partial charge in [0.25, 0.3) is 0 Å². The molecule has 0 radical (unpaired) electrons. The van der Waals surface area contributed by atoms with Crippen molar-refractivity contribution in [3.05, 3.63) is 36.0 Å². The van der Waals surface area contributed by atoms with Crippen LogP contribution in [0.4, 0.5) is 18.9 Å². The summed E-state index contributed by atoms with van der Waals surface area (Å²) in [5.41, 5.74) is -0.274. The second-order valence-electron chi connectivity index (χ2n) is 6.71. The van der Waals surface area contributed by atoms with E-state index in [0.29, 0.717) is 24.6 Å². The Hall–Kier alpha value is -2.58. The number of benzene rings is 1. The van der Waals surface area contributed by atoms with Crippen molar-refractivity contribution in [2.45, 2.75) is 51.8 Å². The molecule has 26 heavy (non-hydrogen) atoms. The highest BCUT2D eigenvalue weighted by Crippen LogP contribution is 2.30. The average molecular weight is 371 g/mol. The van der Waals surface area contributed by atoms with Crippen LogP contribution in [0.15, 0.2) is 28.8 Å². The summed E-state index contributed by atoms with van der Waals surface area (Å²) in [4.78, 5) is 16.2. The zero-order valence-corrected chi connectivity index (χ0v) is 14.7. The zero-order chi connectivity index (χ0) is 19.4. The number of rotatable bonds is 6. The Morgan fingerprint density at radius 1 is 1.23 bits per heavy atom. The SMILES string of the molecule is CC(C)(C)c1noc(CCCC(=O)Nc2ccccc2OC(F)(F)F)n1. The van der Waals surface area contributed by atoms with Crippen LogP contribution in [-0.2, 0) is 16.6 Å². The van der Waals surface area contributed by atoms with E-state index in [4.69, 9.17) is 4.52 Å². The van der Waals surface area contributed by atoms with Gasteiger partial charge < -0.3 is 14.6 Å². The van der Waals surface area contributed by atoms with Gasteiger partial charge in [-0.3, -0.25) is 4.79 Å². The highest BCUT2D eigenvalue weighted by Gasteiger charge is 2.32. The Balaban J connectivity index is 1.87. The highest BCUT2D eigenvalue weighted by atomic mass is 19.4. The van der Waals surface area contributed by atoms with E-state index < -0.39 is 18.0 Å². The molecule has 0 spiro atoms. The third-order valence-corrected chi connectivity index (χ3v) is 3.32. The molecule has 0 atom stereocenters. The van der Waals surface area contributed by atoms with Crippen molar-refractivity contribution < 1.29 is 27.2 Å². The Kier molecular flexibility index (Phi) is 5.89. The number of hydrogen-bond acceptors (Lipinski definition) is 5. The molecule has 1 N–H and O–H groups in total. The lowest BCUT2D eigenvalue weighted by Gasteiger charge is -2.13. The molecule has 1 amide bonds. The van der Waals surface area contributed by atoms with E-state index in [9.17, 15) is 18.0 Å². The largest absolute Gasteiger partial charge is 0.573 e. The number of halogens is 3. The summed E-state index contributed by atoms with van der Waals surface area (Å²) in [6, 6.07) is 5.37. The van der Waals surface area contributed by atoms with E-state index in [1.54, 1.807) is 0 Å². The molecular weight excluding hydrogens is 351 g/mol. The first-order valence-electron chi connectivity index (χ1n) is 8.02. The quantitative estimate of drug-likeness (QED) is 0.822. The molecule has 0 unspecified atom stereocenters. The maximum Gasteiger partial charge on any atom is 0.573 e. The van der Waals surface area contributed by atoms with Gasteiger partial charge in [0.2, 0.25) is 11.8 Å². The van der Waals surface area contributed by atoms with Gasteiger partial charge in [0.1, 0.15) is 0 Å². The highest BCUT2D eigenvalue weighted by molar-refractivity contribution is 5.92. The lowest BCUT2D eigenvalue weighted by atomic mass is 9.96. The summed E-state index contributed by atoms with van der Waals surface area (Å²) in [6.07, 6.45) is -3.92. The van der Waals surface area contributed by atoms with Crippen LogP contribution in [-0.4, -0.2) is 22.4 Å². The summed E-state index contributed by atoms with van der Waals surface area (Å²) in [5.74, 6) is 0.109. The number of anilines is 1. The third kappa shape index (κ3) is 6.05. The first-order chi connectivity index (χ1) is 12.0. The topological polar surface area (TPSA) is 77.2 Å². The molecule has 0 bridgehead atoms. The number of amides is 1. The van der Waals surface area contributed by atoms with Gasteiger partial charge in [0.05, 0.1) is 5.69 Å². The molecule has 0 saturated heterocycles. The summed E-state index contributed by atoms with van der Waals surface area (Å²) < 4.78 is 46.2. The number of ether oxygens (including phenoxy) is 1. The molecule has 2 rings (SSSR count). The summed E-state index contributed by atoms with van der Waals surface area (Å²) in [6.45, 7) is 5.86. The van der Waals surface area contributed by atoms with Crippen LogP contribution < -0.4 is 10.1 Å². The molecule has 0 aliphatic heterocycles.